The van der Waals surface area contributed by atoms with Crippen molar-refractivity contribution < 1.29 is 9.53 Å². The minimum atomic E-state index is -0.396. The number of aromatic nitrogens is 3. The van der Waals surface area contributed by atoms with E-state index in [1.807, 2.05) is 22.9 Å². The van der Waals surface area contributed by atoms with Gasteiger partial charge in [-0.05, 0) is 18.2 Å². The van der Waals surface area contributed by atoms with Crippen LogP contribution in [0.5, 0.6) is 0 Å². The summed E-state index contributed by atoms with van der Waals surface area (Å²) in [4.78, 5) is 20.9. The molecule has 23 heavy (non-hydrogen) atoms. The number of hydrogen-bond donors (Lipinski definition) is 1. The van der Waals surface area contributed by atoms with Gasteiger partial charge in [-0.15, -0.1) is 11.3 Å². The zero-order valence-corrected chi connectivity index (χ0v) is 13.8. The quantitative estimate of drug-likeness (QED) is 0.716. The molecule has 0 radical (unpaired) electrons. The van der Waals surface area contributed by atoms with Gasteiger partial charge in [0.1, 0.15) is 0 Å². The first-order valence-electron chi connectivity index (χ1n) is 6.72. The van der Waals surface area contributed by atoms with Crippen LogP contribution in [0.1, 0.15) is 15.2 Å². The fraction of sp³-hybridized carbons (Fsp3) is 0.133. The van der Waals surface area contributed by atoms with Gasteiger partial charge in [-0.25, -0.2) is 14.8 Å². The number of carbonyl (C=O) groups is 1. The van der Waals surface area contributed by atoms with Crippen molar-refractivity contribution in [1.29, 1.82) is 0 Å². The maximum atomic E-state index is 11.9. The smallest absolute Gasteiger partial charge is 0.339 e. The van der Waals surface area contributed by atoms with Crippen LogP contribution in [0.3, 0.4) is 0 Å². The minimum absolute atomic E-state index is 0.396. The van der Waals surface area contributed by atoms with Crippen LogP contribution < -0.4 is 5.32 Å². The Balaban J connectivity index is 1.90. The molecule has 2 aromatic heterocycles. The number of methoxy groups -OCH3 is 1. The number of nitrogens with one attached hydrogen (secondary N) is 1. The molecule has 0 unspecified atom stereocenters. The molecular formula is C15H13ClN4O2S. The normalized spacial score (nSPS) is 10.5. The fourth-order valence-corrected chi connectivity index (χ4v) is 3.00. The molecule has 6 nitrogen and oxygen atoms in total. The van der Waals surface area contributed by atoms with Crippen molar-refractivity contribution in [1.82, 2.24) is 14.5 Å². The molecular weight excluding hydrogens is 336 g/mol. The second-order valence-corrected chi connectivity index (χ2v) is 6.32. The Morgan fingerprint density at radius 3 is 3.00 bits per heavy atom. The number of anilines is 1. The molecule has 1 aromatic carbocycles. The van der Waals surface area contributed by atoms with Crippen molar-refractivity contribution in [2.75, 3.05) is 12.4 Å². The van der Waals surface area contributed by atoms with Crippen LogP contribution in [0.2, 0.25) is 4.47 Å². The van der Waals surface area contributed by atoms with E-state index in [2.05, 4.69) is 15.3 Å². The maximum absolute atomic E-state index is 11.9. The number of esters is 1. The predicted octanol–water partition coefficient (Wildman–Crippen LogP) is 3.38. The van der Waals surface area contributed by atoms with Crippen molar-refractivity contribution in [2.24, 2.45) is 0 Å². The number of ether oxygens (including phenoxy) is 1. The summed E-state index contributed by atoms with van der Waals surface area (Å²) in [7, 11) is 1.36. The molecule has 3 aromatic rings. The molecule has 0 saturated heterocycles. The summed E-state index contributed by atoms with van der Waals surface area (Å²) in [6.07, 6.45) is 6.93. The number of benzene rings is 1. The molecule has 0 aliphatic rings. The number of rotatable bonds is 5. The Morgan fingerprint density at radius 2 is 2.35 bits per heavy atom. The molecule has 0 spiro atoms. The molecule has 3 rings (SSSR count). The molecule has 8 heteroatoms. The number of hydrogen-bond acceptors (Lipinski definition) is 6. The van der Waals surface area contributed by atoms with Gasteiger partial charge >= 0.3 is 5.97 Å². The monoisotopic (exact) mass is 348 g/mol. The third-order valence-corrected chi connectivity index (χ3v) is 4.30. The first-order valence-corrected chi connectivity index (χ1v) is 7.91. The second kappa shape index (κ2) is 6.80. The van der Waals surface area contributed by atoms with Crippen molar-refractivity contribution in [2.45, 2.75) is 6.54 Å². The zero-order valence-electron chi connectivity index (χ0n) is 12.2. The largest absolute Gasteiger partial charge is 0.465 e. The third kappa shape index (κ3) is 3.52. The molecule has 0 aliphatic carbocycles. The molecule has 1 N–H and O–H groups in total. The number of thiazole rings is 1. The van der Waals surface area contributed by atoms with Gasteiger partial charge in [-0.2, -0.15) is 0 Å². The highest BCUT2D eigenvalue weighted by Crippen LogP contribution is 2.24. The lowest BCUT2D eigenvalue weighted by molar-refractivity contribution is 0.0602. The van der Waals surface area contributed by atoms with Crippen LogP contribution in [0, 0.1) is 0 Å². The van der Waals surface area contributed by atoms with Crippen LogP contribution in [0.25, 0.3) is 5.69 Å². The Labute approximate surface area is 141 Å². The van der Waals surface area contributed by atoms with Crippen LogP contribution in [-0.4, -0.2) is 27.6 Å². The highest BCUT2D eigenvalue weighted by molar-refractivity contribution is 7.15. The van der Waals surface area contributed by atoms with E-state index in [4.69, 9.17) is 16.3 Å². The third-order valence-electron chi connectivity index (χ3n) is 3.19. The first kappa shape index (κ1) is 15.5. The summed E-state index contributed by atoms with van der Waals surface area (Å²) in [6.45, 7) is 0.516. The van der Waals surface area contributed by atoms with E-state index < -0.39 is 5.97 Å². The molecule has 118 valence electrons. The van der Waals surface area contributed by atoms with Crippen molar-refractivity contribution in [3.63, 3.8) is 0 Å². The number of nitrogens with zero attached hydrogens (tertiary/aromatic N) is 3. The second-order valence-electron chi connectivity index (χ2n) is 4.62. The van der Waals surface area contributed by atoms with Crippen molar-refractivity contribution in [3.8, 4) is 5.69 Å². The topological polar surface area (TPSA) is 69.0 Å². The van der Waals surface area contributed by atoms with Gasteiger partial charge in [0, 0.05) is 29.2 Å². The minimum Gasteiger partial charge on any atom is -0.465 e. The molecule has 0 atom stereocenters. The summed E-state index contributed by atoms with van der Waals surface area (Å²) >= 11 is 7.22. The van der Waals surface area contributed by atoms with Crippen LogP contribution in [-0.2, 0) is 11.3 Å². The van der Waals surface area contributed by atoms with Crippen molar-refractivity contribution in [3.05, 3.63) is 58.0 Å². The van der Waals surface area contributed by atoms with E-state index in [0.717, 1.165) is 10.6 Å². The molecule has 0 aliphatic heterocycles. The van der Waals surface area contributed by atoms with E-state index >= 15 is 0 Å². The summed E-state index contributed by atoms with van der Waals surface area (Å²) in [5, 5.41) is 3.24. The summed E-state index contributed by atoms with van der Waals surface area (Å²) in [6, 6.07) is 5.43. The van der Waals surface area contributed by atoms with E-state index in [1.54, 1.807) is 24.8 Å². The summed E-state index contributed by atoms with van der Waals surface area (Å²) in [5.74, 6) is -0.396. The van der Waals surface area contributed by atoms with Crippen LogP contribution >= 0.6 is 22.9 Å². The van der Waals surface area contributed by atoms with Gasteiger partial charge < -0.3 is 14.6 Å². The number of imidazole rings is 1. The van der Waals surface area contributed by atoms with Crippen LogP contribution in [0.4, 0.5) is 5.69 Å². The van der Waals surface area contributed by atoms with E-state index in [1.165, 1.54) is 18.4 Å². The standard InChI is InChI=1S/C15H13ClN4O2S/c1-22-14(21)12-3-2-10(20-5-4-17-9-20)6-13(12)18-7-11-8-19-15(16)23-11/h2-6,8-9,18H,7H2,1H3. The maximum Gasteiger partial charge on any atom is 0.339 e. The van der Waals surface area contributed by atoms with Gasteiger partial charge in [0.2, 0.25) is 0 Å². The average molecular weight is 349 g/mol. The van der Waals surface area contributed by atoms with Gasteiger partial charge in [-0.1, -0.05) is 11.6 Å². The van der Waals surface area contributed by atoms with Crippen molar-refractivity contribution >= 4 is 34.6 Å². The molecule has 0 saturated carbocycles. The van der Waals surface area contributed by atoms with Crippen LogP contribution in [0.15, 0.2) is 43.1 Å². The molecule has 0 fully saturated rings. The predicted molar refractivity (Wildman–Crippen MR) is 89.4 cm³/mol. The zero-order chi connectivity index (χ0) is 16.2. The SMILES string of the molecule is COC(=O)c1ccc(-n2ccnc2)cc1NCc1cnc(Cl)s1. The summed E-state index contributed by atoms with van der Waals surface area (Å²) < 4.78 is 7.18. The summed E-state index contributed by atoms with van der Waals surface area (Å²) in [5.41, 5.74) is 2.03. The molecule has 0 amide bonds. The van der Waals surface area contributed by atoms with E-state index in [0.29, 0.717) is 22.3 Å². The lowest BCUT2D eigenvalue weighted by Gasteiger charge is -2.12. The fourth-order valence-electron chi connectivity index (χ4n) is 2.09. The first-order chi connectivity index (χ1) is 11.2. The Morgan fingerprint density at radius 1 is 1.48 bits per heavy atom. The van der Waals surface area contributed by atoms with Gasteiger partial charge in [0.25, 0.3) is 0 Å². The molecule has 0 bridgehead atoms. The number of halogens is 1. The average Bonchev–Trinajstić information content (AvgIpc) is 3.23. The van der Waals surface area contributed by atoms with E-state index in [-0.39, 0.29) is 0 Å². The number of carbonyl (C=O) groups excluding carboxylic acids is 1. The Kier molecular flexibility index (Phi) is 4.59. The van der Waals surface area contributed by atoms with Gasteiger partial charge in [-0.3, -0.25) is 0 Å². The van der Waals surface area contributed by atoms with Gasteiger partial charge in [0.15, 0.2) is 4.47 Å². The lowest BCUT2D eigenvalue weighted by Crippen LogP contribution is -2.08. The molecule has 2 heterocycles. The lowest BCUT2D eigenvalue weighted by atomic mass is 10.1. The Bertz CT molecular complexity index is 817. The van der Waals surface area contributed by atoms with Gasteiger partial charge in [0.05, 0.1) is 31.2 Å². The highest BCUT2D eigenvalue weighted by Gasteiger charge is 2.13. The Hall–Kier alpha value is -2.38. The van der Waals surface area contributed by atoms with E-state index in [9.17, 15) is 4.79 Å². The highest BCUT2D eigenvalue weighted by atomic mass is 35.5.